The Hall–Kier alpha value is -1.84. The van der Waals surface area contributed by atoms with E-state index in [0.717, 1.165) is 5.56 Å². The largest absolute Gasteiger partial charge is 0.481 e. The lowest BCUT2D eigenvalue weighted by Crippen LogP contribution is -2.14. The summed E-state index contributed by atoms with van der Waals surface area (Å²) < 4.78 is 0. The molecule has 0 bridgehead atoms. The minimum Gasteiger partial charge on any atom is -0.481 e. The highest BCUT2D eigenvalue weighted by Gasteiger charge is 2.19. The van der Waals surface area contributed by atoms with Crippen molar-refractivity contribution in [3.63, 3.8) is 0 Å². The van der Waals surface area contributed by atoms with Gasteiger partial charge in [-0.1, -0.05) is 32.9 Å². The summed E-state index contributed by atoms with van der Waals surface area (Å²) in [4.78, 5) is 21.7. The highest BCUT2D eigenvalue weighted by molar-refractivity contribution is 5.91. The van der Waals surface area contributed by atoms with E-state index < -0.39 is 11.9 Å². The number of benzene rings is 1. The Balaban J connectivity index is 3.27. The average Bonchev–Trinajstić information content (AvgIpc) is 2.15. The fourth-order valence-electron chi connectivity index (χ4n) is 1.56. The molecule has 0 saturated carbocycles. The van der Waals surface area contributed by atoms with E-state index in [2.05, 4.69) is 0 Å². The van der Waals surface area contributed by atoms with Gasteiger partial charge in [0.2, 0.25) is 0 Å². The minimum atomic E-state index is -1.09. The first kappa shape index (κ1) is 13.2. The van der Waals surface area contributed by atoms with Crippen molar-refractivity contribution in [1.29, 1.82) is 0 Å². The van der Waals surface area contributed by atoms with Crippen LogP contribution in [0.25, 0.3) is 0 Å². The fraction of sp³-hybridized carbons (Fsp3) is 0.385. The molecule has 0 aromatic heterocycles. The number of hydrogen-bond acceptors (Lipinski definition) is 2. The molecule has 4 nitrogen and oxygen atoms in total. The molecule has 0 aliphatic carbocycles. The molecular formula is C13H16O4. The Morgan fingerprint density at radius 3 is 2.18 bits per heavy atom. The van der Waals surface area contributed by atoms with E-state index in [-0.39, 0.29) is 17.4 Å². The molecule has 0 aliphatic rings. The van der Waals surface area contributed by atoms with Gasteiger partial charge in [0.1, 0.15) is 0 Å². The van der Waals surface area contributed by atoms with Crippen molar-refractivity contribution >= 4 is 11.9 Å². The number of aliphatic carboxylic acids is 1. The van der Waals surface area contributed by atoms with Gasteiger partial charge in [0.05, 0.1) is 12.0 Å². The van der Waals surface area contributed by atoms with Crippen molar-refractivity contribution in [2.75, 3.05) is 0 Å². The summed E-state index contributed by atoms with van der Waals surface area (Å²) in [6, 6.07) is 4.92. The second kappa shape index (κ2) is 4.57. The van der Waals surface area contributed by atoms with Crippen molar-refractivity contribution in [2.45, 2.75) is 32.6 Å². The SMILES string of the molecule is CC(C)(C)c1ccc(CC(=O)O)c(C(=O)O)c1. The molecule has 1 rings (SSSR count). The van der Waals surface area contributed by atoms with E-state index in [1.807, 2.05) is 20.8 Å². The van der Waals surface area contributed by atoms with Gasteiger partial charge in [0, 0.05) is 0 Å². The molecule has 4 heteroatoms. The van der Waals surface area contributed by atoms with Crippen LogP contribution in [0.1, 0.15) is 42.3 Å². The van der Waals surface area contributed by atoms with Crippen LogP contribution in [0.5, 0.6) is 0 Å². The lowest BCUT2D eigenvalue weighted by Gasteiger charge is -2.20. The quantitative estimate of drug-likeness (QED) is 0.844. The maximum Gasteiger partial charge on any atom is 0.335 e. The maximum absolute atomic E-state index is 11.1. The molecule has 17 heavy (non-hydrogen) atoms. The number of carboxylic acids is 2. The number of carbonyl (C=O) groups is 2. The van der Waals surface area contributed by atoms with Crippen LogP contribution < -0.4 is 0 Å². The molecule has 0 fully saturated rings. The molecule has 0 saturated heterocycles. The highest BCUT2D eigenvalue weighted by Crippen LogP contribution is 2.25. The highest BCUT2D eigenvalue weighted by atomic mass is 16.4. The first-order chi connectivity index (χ1) is 7.71. The summed E-state index contributed by atoms with van der Waals surface area (Å²) in [5.41, 5.74) is 1.12. The summed E-state index contributed by atoms with van der Waals surface area (Å²) in [5, 5.41) is 17.8. The van der Waals surface area contributed by atoms with E-state index in [1.54, 1.807) is 18.2 Å². The summed E-state index contributed by atoms with van der Waals surface area (Å²) in [6.07, 6.45) is -0.272. The molecule has 0 heterocycles. The Labute approximate surface area is 99.9 Å². The Morgan fingerprint density at radius 1 is 1.18 bits per heavy atom. The Bertz CT molecular complexity index is 455. The van der Waals surface area contributed by atoms with Crippen molar-refractivity contribution in [3.8, 4) is 0 Å². The van der Waals surface area contributed by atoms with Gasteiger partial charge < -0.3 is 10.2 Å². The zero-order chi connectivity index (χ0) is 13.2. The van der Waals surface area contributed by atoms with Gasteiger partial charge in [0.15, 0.2) is 0 Å². The number of rotatable bonds is 3. The van der Waals surface area contributed by atoms with Gasteiger partial charge in [-0.25, -0.2) is 4.79 Å². The molecular weight excluding hydrogens is 220 g/mol. The molecule has 2 N–H and O–H groups in total. The van der Waals surface area contributed by atoms with Crippen LogP contribution in [0, 0.1) is 0 Å². The molecule has 0 radical (unpaired) electrons. The molecule has 0 aliphatic heterocycles. The van der Waals surface area contributed by atoms with Gasteiger partial charge in [-0.15, -0.1) is 0 Å². The molecule has 0 atom stereocenters. The third kappa shape index (κ3) is 3.31. The van der Waals surface area contributed by atoms with Crippen LogP contribution in [0.2, 0.25) is 0 Å². The summed E-state index contributed by atoms with van der Waals surface area (Å²) in [6.45, 7) is 5.93. The maximum atomic E-state index is 11.1. The fourth-order valence-corrected chi connectivity index (χ4v) is 1.56. The monoisotopic (exact) mass is 236 g/mol. The van der Waals surface area contributed by atoms with Gasteiger partial charge >= 0.3 is 11.9 Å². The predicted molar refractivity (Wildman–Crippen MR) is 63.4 cm³/mol. The number of hydrogen-bond donors (Lipinski definition) is 2. The smallest absolute Gasteiger partial charge is 0.335 e. The molecule has 0 unspecified atom stereocenters. The lowest BCUT2D eigenvalue weighted by molar-refractivity contribution is -0.136. The third-order valence-electron chi connectivity index (χ3n) is 2.55. The second-order valence-electron chi connectivity index (χ2n) is 5.00. The Morgan fingerprint density at radius 2 is 1.76 bits per heavy atom. The summed E-state index contributed by atoms with van der Waals surface area (Å²) in [7, 11) is 0. The van der Waals surface area contributed by atoms with Crippen molar-refractivity contribution in [2.24, 2.45) is 0 Å². The van der Waals surface area contributed by atoms with Gasteiger partial charge in [0.25, 0.3) is 0 Å². The molecule has 1 aromatic rings. The van der Waals surface area contributed by atoms with E-state index in [9.17, 15) is 9.59 Å². The van der Waals surface area contributed by atoms with E-state index in [0.29, 0.717) is 5.56 Å². The van der Waals surface area contributed by atoms with E-state index >= 15 is 0 Å². The normalized spacial score (nSPS) is 11.2. The summed E-state index contributed by atoms with van der Waals surface area (Å²) in [5.74, 6) is -2.12. The standard InChI is InChI=1S/C13H16O4/c1-13(2,3)9-5-4-8(6-11(14)15)10(7-9)12(16)17/h4-5,7H,6H2,1-3H3,(H,14,15)(H,16,17). The zero-order valence-corrected chi connectivity index (χ0v) is 10.2. The van der Waals surface area contributed by atoms with E-state index in [1.165, 1.54) is 0 Å². The van der Waals surface area contributed by atoms with Crippen LogP contribution in [0.15, 0.2) is 18.2 Å². The van der Waals surface area contributed by atoms with Crippen LogP contribution in [0.4, 0.5) is 0 Å². The topological polar surface area (TPSA) is 74.6 Å². The van der Waals surface area contributed by atoms with Crippen LogP contribution in [-0.2, 0) is 16.6 Å². The number of aromatic carboxylic acids is 1. The van der Waals surface area contributed by atoms with Crippen LogP contribution in [0.3, 0.4) is 0 Å². The Kier molecular flexibility index (Phi) is 3.56. The first-order valence-corrected chi connectivity index (χ1v) is 5.30. The van der Waals surface area contributed by atoms with Crippen molar-refractivity contribution in [3.05, 3.63) is 34.9 Å². The third-order valence-corrected chi connectivity index (χ3v) is 2.55. The lowest BCUT2D eigenvalue weighted by atomic mass is 9.85. The van der Waals surface area contributed by atoms with Crippen LogP contribution >= 0.6 is 0 Å². The zero-order valence-electron chi connectivity index (χ0n) is 10.2. The molecule has 1 aromatic carbocycles. The van der Waals surface area contributed by atoms with E-state index in [4.69, 9.17) is 10.2 Å². The van der Waals surface area contributed by atoms with Gasteiger partial charge in [-0.3, -0.25) is 4.79 Å². The summed E-state index contributed by atoms with van der Waals surface area (Å²) >= 11 is 0. The van der Waals surface area contributed by atoms with Gasteiger partial charge in [-0.2, -0.15) is 0 Å². The van der Waals surface area contributed by atoms with Crippen molar-refractivity contribution in [1.82, 2.24) is 0 Å². The predicted octanol–water partition coefficient (Wildman–Crippen LogP) is 2.31. The van der Waals surface area contributed by atoms with Crippen LogP contribution in [-0.4, -0.2) is 22.2 Å². The van der Waals surface area contributed by atoms with Crippen molar-refractivity contribution < 1.29 is 19.8 Å². The molecule has 0 spiro atoms. The number of carboxylic acid groups (broad SMARTS) is 2. The van der Waals surface area contributed by atoms with Gasteiger partial charge in [-0.05, 0) is 22.6 Å². The minimum absolute atomic E-state index is 0.0693. The molecule has 92 valence electrons. The second-order valence-corrected chi connectivity index (χ2v) is 5.00. The first-order valence-electron chi connectivity index (χ1n) is 5.30. The average molecular weight is 236 g/mol. The molecule has 0 amide bonds.